The van der Waals surface area contributed by atoms with Crippen molar-refractivity contribution in [2.24, 2.45) is 0 Å². The molecule has 0 saturated carbocycles. The number of furan rings is 1. The van der Waals surface area contributed by atoms with E-state index in [1.807, 2.05) is 0 Å². The summed E-state index contributed by atoms with van der Waals surface area (Å²) in [5.41, 5.74) is 19.1. The molecule has 71 heavy (non-hydrogen) atoms. The van der Waals surface area contributed by atoms with Crippen LogP contribution >= 0.6 is 0 Å². The van der Waals surface area contributed by atoms with E-state index in [0.717, 1.165) is 62.4 Å². The summed E-state index contributed by atoms with van der Waals surface area (Å²) in [6.45, 7) is 2.35. The van der Waals surface area contributed by atoms with Gasteiger partial charge in [-0.15, -0.1) is 0 Å². The first-order chi connectivity index (χ1) is 35.1. The lowest BCUT2D eigenvalue weighted by atomic mass is 9.67. The molecule has 0 N–H and O–H groups in total. The predicted molar refractivity (Wildman–Crippen MR) is 295 cm³/mol. The van der Waals surface area contributed by atoms with Crippen LogP contribution in [0.5, 0.6) is 0 Å². The van der Waals surface area contributed by atoms with Crippen molar-refractivity contribution in [3.05, 3.63) is 294 Å². The summed E-state index contributed by atoms with van der Waals surface area (Å²) >= 11 is 0. The second kappa shape index (κ2) is 16.1. The zero-order valence-electron chi connectivity index (χ0n) is 39.3. The first-order valence-electron chi connectivity index (χ1n) is 24.7. The van der Waals surface area contributed by atoms with Gasteiger partial charge in [0, 0.05) is 39.1 Å². The fraction of sp³-hybridized carbons (Fsp3) is 0.0588. The number of fused-ring (bicyclic) bond motifs is 10. The van der Waals surface area contributed by atoms with Crippen molar-refractivity contribution >= 4 is 55.9 Å². The molecule has 2 aliphatic rings. The monoisotopic (exact) mass is 908 g/mol. The standard InChI is InChI=1S/C68H48N2O/c1-67(44-18-29-58-57-42-43-63-64(65(57)71-66(58)67)59-28-15-17-31-62(59)70(63)51-25-12-5-13-26-51)48-34-38-53(39-35-48)69(52-36-32-47(33-37-52)46-19-6-2-7-20-46)54-40-41-56-55-27-14-16-30-60(55)68(61(56)45-54,49-21-8-3-9-22-49)50-23-10-4-11-24-50/h2-43,45H,44H2,1H3. The summed E-state index contributed by atoms with van der Waals surface area (Å²) in [5.74, 6) is 1.01. The van der Waals surface area contributed by atoms with E-state index in [0.29, 0.717) is 0 Å². The molecule has 0 bridgehead atoms. The van der Waals surface area contributed by atoms with Crippen LogP contribution in [0.15, 0.2) is 259 Å². The SMILES string of the molecule is CC1(c2ccc(N(c3ccc(-c4ccccc4)cc3)c3ccc4c(c3)C(c3ccccc3)(c3ccccc3)c3ccccc3-4)cc2)CC=Cc2c1oc1c2ccc2c1c1ccccc1n2-c1ccccc1. The average Bonchev–Trinajstić information content (AvgIpc) is 4.10. The van der Waals surface area contributed by atoms with Gasteiger partial charge < -0.3 is 13.9 Å². The summed E-state index contributed by atoms with van der Waals surface area (Å²) in [7, 11) is 0. The molecular weight excluding hydrogens is 861 g/mol. The minimum atomic E-state index is -0.521. The largest absolute Gasteiger partial charge is 0.459 e. The van der Waals surface area contributed by atoms with Gasteiger partial charge in [0.15, 0.2) is 0 Å². The minimum Gasteiger partial charge on any atom is -0.459 e. The summed E-state index contributed by atoms with van der Waals surface area (Å²) in [6.07, 6.45) is 5.43. The van der Waals surface area contributed by atoms with Gasteiger partial charge in [0.2, 0.25) is 0 Å². The highest BCUT2D eigenvalue weighted by atomic mass is 16.3. The minimum absolute atomic E-state index is 0.405. The van der Waals surface area contributed by atoms with E-state index in [-0.39, 0.29) is 0 Å². The van der Waals surface area contributed by atoms with E-state index < -0.39 is 10.8 Å². The highest BCUT2D eigenvalue weighted by Gasteiger charge is 2.46. The number of nitrogens with zero attached hydrogens (tertiary/aromatic N) is 2. The first-order valence-corrected chi connectivity index (χ1v) is 24.7. The Morgan fingerprint density at radius 2 is 1.03 bits per heavy atom. The van der Waals surface area contributed by atoms with Crippen LogP contribution in [0.25, 0.3) is 66.8 Å². The molecule has 3 heteroatoms. The smallest absolute Gasteiger partial charge is 0.144 e. The molecule has 0 radical (unpaired) electrons. The van der Waals surface area contributed by atoms with E-state index in [1.54, 1.807) is 0 Å². The lowest BCUT2D eigenvalue weighted by Gasteiger charge is -2.35. The Labute approximate surface area is 413 Å². The van der Waals surface area contributed by atoms with Crippen molar-refractivity contribution in [2.75, 3.05) is 4.90 Å². The molecule has 12 aromatic rings. The Morgan fingerprint density at radius 1 is 0.451 bits per heavy atom. The van der Waals surface area contributed by atoms with Gasteiger partial charge in [-0.25, -0.2) is 0 Å². The number of para-hydroxylation sites is 2. The van der Waals surface area contributed by atoms with Gasteiger partial charge >= 0.3 is 0 Å². The predicted octanol–water partition coefficient (Wildman–Crippen LogP) is 17.8. The van der Waals surface area contributed by atoms with Crippen LogP contribution in [-0.2, 0) is 10.8 Å². The third-order valence-electron chi connectivity index (χ3n) is 15.6. The van der Waals surface area contributed by atoms with Crippen LogP contribution < -0.4 is 4.90 Å². The van der Waals surface area contributed by atoms with Crippen molar-refractivity contribution in [1.29, 1.82) is 0 Å². The number of benzene rings is 10. The van der Waals surface area contributed by atoms with Gasteiger partial charge in [0.25, 0.3) is 0 Å². The molecule has 3 nitrogen and oxygen atoms in total. The topological polar surface area (TPSA) is 21.3 Å². The molecule has 1 unspecified atom stereocenters. The molecule has 1 atom stereocenters. The van der Waals surface area contributed by atoms with Crippen LogP contribution in [0.2, 0.25) is 0 Å². The van der Waals surface area contributed by atoms with Crippen molar-refractivity contribution in [2.45, 2.75) is 24.2 Å². The lowest BCUT2D eigenvalue weighted by Crippen LogP contribution is -2.28. The van der Waals surface area contributed by atoms with Crippen molar-refractivity contribution < 1.29 is 4.42 Å². The Bertz CT molecular complexity index is 3960. The molecule has 0 aliphatic heterocycles. The van der Waals surface area contributed by atoms with E-state index in [1.165, 1.54) is 61.0 Å². The van der Waals surface area contributed by atoms with E-state index in [2.05, 4.69) is 277 Å². The third kappa shape index (κ3) is 6.16. The van der Waals surface area contributed by atoms with Crippen LogP contribution in [0.1, 0.15) is 52.5 Å². The highest BCUT2D eigenvalue weighted by molar-refractivity contribution is 6.20. The Hall–Kier alpha value is -8.92. The van der Waals surface area contributed by atoms with Crippen LogP contribution in [0.4, 0.5) is 17.1 Å². The first kappa shape index (κ1) is 41.1. The second-order valence-electron chi connectivity index (χ2n) is 19.4. The van der Waals surface area contributed by atoms with E-state index >= 15 is 0 Å². The van der Waals surface area contributed by atoms with E-state index in [4.69, 9.17) is 4.42 Å². The van der Waals surface area contributed by atoms with Crippen LogP contribution in [0, 0.1) is 0 Å². The average molecular weight is 909 g/mol. The fourth-order valence-electron chi connectivity index (χ4n) is 12.2. The molecular formula is C68H48N2O. The Morgan fingerprint density at radius 3 is 1.75 bits per heavy atom. The summed E-state index contributed by atoms with van der Waals surface area (Å²) < 4.78 is 9.65. The van der Waals surface area contributed by atoms with Crippen molar-refractivity contribution in [1.82, 2.24) is 4.57 Å². The van der Waals surface area contributed by atoms with Gasteiger partial charge in [-0.3, -0.25) is 0 Å². The molecule has 2 aliphatic carbocycles. The van der Waals surface area contributed by atoms with Crippen LogP contribution in [-0.4, -0.2) is 4.57 Å². The van der Waals surface area contributed by atoms with Gasteiger partial charge in [-0.2, -0.15) is 0 Å². The third-order valence-corrected chi connectivity index (χ3v) is 15.6. The molecule has 0 amide bonds. The normalized spacial score (nSPS) is 15.5. The van der Waals surface area contributed by atoms with Gasteiger partial charge in [0.1, 0.15) is 11.3 Å². The molecule has 0 spiro atoms. The maximum atomic E-state index is 7.28. The Balaban J connectivity index is 0.923. The number of anilines is 3. The second-order valence-corrected chi connectivity index (χ2v) is 19.4. The number of hydrogen-bond acceptors (Lipinski definition) is 2. The Kier molecular flexibility index (Phi) is 9.31. The summed E-state index contributed by atoms with van der Waals surface area (Å²) in [4.78, 5) is 2.43. The number of aromatic nitrogens is 1. The molecule has 2 aromatic heterocycles. The molecule has 0 fully saturated rings. The molecule has 336 valence electrons. The zero-order valence-corrected chi connectivity index (χ0v) is 39.3. The number of allylic oxidation sites excluding steroid dienone is 1. The van der Waals surface area contributed by atoms with Crippen LogP contribution in [0.3, 0.4) is 0 Å². The number of rotatable bonds is 8. The highest BCUT2D eigenvalue weighted by Crippen LogP contribution is 2.57. The summed E-state index contributed by atoms with van der Waals surface area (Å²) in [5, 5.41) is 3.49. The number of hydrogen-bond donors (Lipinski definition) is 0. The maximum absolute atomic E-state index is 7.28. The quantitative estimate of drug-likeness (QED) is 0.151. The molecule has 14 rings (SSSR count). The van der Waals surface area contributed by atoms with Crippen molar-refractivity contribution in [3.63, 3.8) is 0 Å². The van der Waals surface area contributed by atoms with Gasteiger partial charge in [-0.05, 0) is 130 Å². The van der Waals surface area contributed by atoms with E-state index in [9.17, 15) is 0 Å². The molecule has 2 heterocycles. The van der Waals surface area contributed by atoms with Gasteiger partial charge in [-0.1, -0.05) is 194 Å². The molecule has 0 saturated heterocycles. The van der Waals surface area contributed by atoms with Crippen molar-refractivity contribution in [3.8, 4) is 27.9 Å². The summed E-state index contributed by atoms with van der Waals surface area (Å²) in [6, 6.07) is 91.1. The maximum Gasteiger partial charge on any atom is 0.144 e. The molecule has 10 aromatic carbocycles. The zero-order chi connectivity index (χ0) is 47.1. The lowest BCUT2D eigenvalue weighted by molar-refractivity contribution is 0.426. The van der Waals surface area contributed by atoms with Gasteiger partial charge in [0.05, 0.1) is 27.2 Å². The fourth-order valence-corrected chi connectivity index (χ4v) is 12.2.